The van der Waals surface area contributed by atoms with Crippen molar-refractivity contribution in [1.82, 2.24) is 20.4 Å². The maximum Gasteiger partial charge on any atom is 0.322 e. The third-order valence-electron chi connectivity index (χ3n) is 6.05. The number of nitrogens with one attached hydrogen (secondary N) is 2. The summed E-state index contributed by atoms with van der Waals surface area (Å²) in [6.07, 6.45) is 1.59. The lowest BCUT2D eigenvalue weighted by Crippen LogP contribution is -2.47. The van der Waals surface area contributed by atoms with Crippen molar-refractivity contribution in [1.29, 1.82) is 0 Å². The highest BCUT2D eigenvalue weighted by atomic mass is 35.5. The summed E-state index contributed by atoms with van der Waals surface area (Å²) in [7, 11) is 0. The molecule has 0 bridgehead atoms. The fourth-order valence-electron chi connectivity index (χ4n) is 4.42. The fourth-order valence-corrected chi connectivity index (χ4v) is 4.61. The molecule has 3 aliphatic rings. The minimum Gasteiger partial charge on any atom is -0.454 e. The van der Waals surface area contributed by atoms with Gasteiger partial charge in [-0.25, -0.2) is 4.79 Å². The zero-order chi connectivity index (χ0) is 24.5. The van der Waals surface area contributed by atoms with Crippen molar-refractivity contribution >= 4 is 29.4 Å². The zero-order valence-corrected chi connectivity index (χ0v) is 19.5. The molecule has 5 rings (SSSR count). The minimum atomic E-state index is -0.661. The Hall–Kier alpha value is -3.98. The maximum absolute atomic E-state index is 13.4. The summed E-state index contributed by atoms with van der Waals surface area (Å²) in [4.78, 5) is 41.9. The number of carbonyl (C=O) groups excluding carboxylic acids is 3. The summed E-state index contributed by atoms with van der Waals surface area (Å²) >= 11 is 6.16. The van der Waals surface area contributed by atoms with Gasteiger partial charge in [0, 0.05) is 18.1 Å². The summed E-state index contributed by atoms with van der Waals surface area (Å²) in [6.45, 7) is 4.40. The third kappa shape index (κ3) is 4.42. The molecule has 2 N–H and O–H groups in total. The van der Waals surface area contributed by atoms with E-state index in [9.17, 15) is 14.4 Å². The standard InChI is InChI=1S/C25H23ClN4O5/c1-2-8-30-18-12-29(13-21(31)27-11-15-6-7-19-20(9-15)35-14-34-19)24(32)22(18)23(28-25(30)33)16-4-3-5-17(26)10-16/h2-7,9-10,23H,1,8,11-14H2,(H,27,31)(H,28,33)/t23-/m1/s1. The van der Waals surface area contributed by atoms with Crippen LogP contribution in [0.4, 0.5) is 4.79 Å². The van der Waals surface area contributed by atoms with Gasteiger partial charge in [-0.05, 0) is 35.4 Å². The molecular weight excluding hydrogens is 472 g/mol. The number of urea groups is 1. The van der Waals surface area contributed by atoms with Gasteiger partial charge < -0.3 is 25.0 Å². The van der Waals surface area contributed by atoms with Gasteiger partial charge in [0.2, 0.25) is 12.7 Å². The highest BCUT2D eigenvalue weighted by Crippen LogP contribution is 2.37. The van der Waals surface area contributed by atoms with Crippen LogP contribution in [-0.4, -0.2) is 54.1 Å². The lowest BCUT2D eigenvalue weighted by molar-refractivity contribution is -0.132. The fraction of sp³-hybridized carbons (Fsp3) is 0.240. The topological polar surface area (TPSA) is 100 Å². The molecule has 0 radical (unpaired) electrons. The van der Waals surface area contributed by atoms with Crippen molar-refractivity contribution < 1.29 is 23.9 Å². The monoisotopic (exact) mass is 494 g/mol. The Morgan fingerprint density at radius 3 is 2.83 bits per heavy atom. The molecule has 1 atom stereocenters. The van der Waals surface area contributed by atoms with Crippen molar-refractivity contribution in [3.05, 3.63) is 82.5 Å². The second kappa shape index (κ2) is 9.34. The number of carbonyl (C=O) groups is 3. The van der Waals surface area contributed by atoms with Crippen molar-refractivity contribution in [3.63, 3.8) is 0 Å². The van der Waals surface area contributed by atoms with E-state index in [0.29, 0.717) is 33.4 Å². The Morgan fingerprint density at radius 1 is 1.20 bits per heavy atom. The van der Waals surface area contributed by atoms with Crippen LogP contribution >= 0.6 is 11.6 Å². The van der Waals surface area contributed by atoms with Gasteiger partial charge in [0.25, 0.3) is 5.91 Å². The van der Waals surface area contributed by atoms with Crippen LogP contribution in [0.1, 0.15) is 17.2 Å². The number of amides is 4. The maximum atomic E-state index is 13.4. The zero-order valence-electron chi connectivity index (χ0n) is 18.8. The Morgan fingerprint density at radius 2 is 2.03 bits per heavy atom. The first-order valence-electron chi connectivity index (χ1n) is 11.1. The van der Waals surface area contributed by atoms with Crippen molar-refractivity contribution in [2.24, 2.45) is 0 Å². The van der Waals surface area contributed by atoms with Crippen molar-refractivity contribution in [3.8, 4) is 11.5 Å². The lowest BCUT2D eigenvalue weighted by Gasteiger charge is -2.33. The predicted octanol–water partition coefficient (Wildman–Crippen LogP) is 2.73. The smallest absolute Gasteiger partial charge is 0.322 e. The Bertz CT molecular complexity index is 1260. The summed E-state index contributed by atoms with van der Waals surface area (Å²) in [5.41, 5.74) is 2.53. The molecule has 2 aromatic rings. The van der Waals surface area contributed by atoms with Gasteiger partial charge in [-0.1, -0.05) is 35.9 Å². The molecule has 2 aromatic carbocycles. The minimum absolute atomic E-state index is 0.143. The SMILES string of the molecule is C=CCN1C(=O)N[C@H](c2cccc(Cl)c2)C2=C1CN(CC(=O)NCc1ccc3c(c1)OCO3)C2=O. The van der Waals surface area contributed by atoms with Crippen LogP contribution in [0.5, 0.6) is 11.5 Å². The number of hydrogen-bond acceptors (Lipinski definition) is 5. The predicted molar refractivity (Wildman–Crippen MR) is 128 cm³/mol. The Kier molecular flexibility index (Phi) is 6.08. The van der Waals surface area contributed by atoms with E-state index >= 15 is 0 Å². The molecule has 0 unspecified atom stereocenters. The number of ether oxygens (including phenoxy) is 2. The number of hydrogen-bond donors (Lipinski definition) is 2. The lowest BCUT2D eigenvalue weighted by atomic mass is 9.95. The molecule has 3 heterocycles. The molecule has 0 aliphatic carbocycles. The van der Waals surface area contributed by atoms with E-state index in [-0.39, 0.29) is 50.8 Å². The molecule has 3 aliphatic heterocycles. The first kappa shape index (κ1) is 22.8. The molecule has 0 spiro atoms. The van der Waals surface area contributed by atoms with E-state index in [1.54, 1.807) is 36.4 Å². The average Bonchev–Trinajstić information content (AvgIpc) is 3.44. The summed E-state index contributed by atoms with van der Waals surface area (Å²) in [5, 5.41) is 6.22. The van der Waals surface area contributed by atoms with Gasteiger partial charge in [0.05, 0.1) is 23.9 Å². The van der Waals surface area contributed by atoms with E-state index in [1.165, 1.54) is 9.80 Å². The normalized spacial score (nSPS) is 18.5. The molecular formula is C25H23ClN4O5. The summed E-state index contributed by atoms with van der Waals surface area (Å²) in [6, 6.07) is 11.5. The van der Waals surface area contributed by atoms with Crippen molar-refractivity contribution in [2.45, 2.75) is 12.6 Å². The number of benzene rings is 2. The van der Waals surface area contributed by atoms with E-state index in [4.69, 9.17) is 21.1 Å². The molecule has 9 nitrogen and oxygen atoms in total. The van der Waals surface area contributed by atoms with Crippen LogP contribution < -0.4 is 20.1 Å². The molecule has 0 saturated heterocycles. The first-order valence-corrected chi connectivity index (χ1v) is 11.4. The average molecular weight is 495 g/mol. The second-order valence-electron chi connectivity index (χ2n) is 8.32. The van der Waals surface area contributed by atoms with Crippen molar-refractivity contribution in [2.75, 3.05) is 26.4 Å². The van der Waals surface area contributed by atoms with Gasteiger partial charge >= 0.3 is 6.03 Å². The number of nitrogens with zero attached hydrogens (tertiary/aromatic N) is 2. The van der Waals surface area contributed by atoms with Gasteiger partial charge in [0.1, 0.15) is 6.54 Å². The molecule has 10 heteroatoms. The third-order valence-corrected chi connectivity index (χ3v) is 6.29. The molecule has 0 aromatic heterocycles. The molecule has 0 saturated carbocycles. The molecule has 180 valence electrons. The van der Waals surface area contributed by atoms with Gasteiger partial charge in [0.15, 0.2) is 11.5 Å². The second-order valence-corrected chi connectivity index (χ2v) is 8.76. The summed E-state index contributed by atoms with van der Waals surface area (Å²) in [5.74, 6) is 0.678. The number of rotatable bonds is 7. The van der Waals surface area contributed by atoms with Gasteiger partial charge in [-0.15, -0.1) is 6.58 Å². The Balaban J connectivity index is 1.31. The van der Waals surface area contributed by atoms with Crippen LogP contribution in [0, 0.1) is 0 Å². The van der Waals surface area contributed by atoms with E-state index < -0.39 is 6.04 Å². The van der Waals surface area contributed by atoms with Crippen LogP contribution in [0.25, 0.3) is 0 Å². The highest BCUT2D eigenvalue weighted by molar-refractivity contribution is 6.30. The van der Waals surface area contributed by atoms with E-state index in [2.05, 4.69) is 17.2 Å². The highest BCUT2D eigenvalue weighted by Gasteiger charge is 2.44. The molecule has 0 fully saturated rings. The van der Waals surface area contributed by atoms with Gasteiger partial charge in [-0.3, -0.25) is 14.5 Å². The molecule has 4 amide bonds. The number of fused-ring (bicyclic) bond motifs is 1. The Labute approximate surface area is 206 Å². The first-order chi connectivity index (χ1) is 16.9. The van der Waals surface area contributed by atoms with Gasteiger partial charge in [-0.2, -0.15) is 0 Å². The van der Waals surface area contributed by atoms with Crippen LogP contribution in [0.15, 0.2) is 66.4 Å². The number of halogens is 1. The summed E-state index contributed by atoms with van der Waals surface area (Å²) < 4.78 is 10.7. The van der Waals surface area contributed by atoms with E-state index in [1.807, 2.05) is 12.1 Å². The quantitative estimate of drug-likeness (QED) is 0.576. The van der Waals surface area contributed by atoms with Crippen LogP contribution in [0.2, 0.25) is 5.02 Å². The largest absolute Gasteiger partial charge is 0.454 e. The van der Waals surface area contributed by atoms with Crippen LogP contribution in [0.3, 0.4) is 0 Å². The van der Waals surface area contributed by atoms with Crippen LogP contribution in [-0.2, 0) is 16.1 Å². The molecule has 35 heavy (non-hydrogen) atoms. The van der Waals surface area contributed by atoms with E-state index in [0.717, 1.165) is 5.56 Å².